The number of nitrogens with one attached hydrogen (secondary N) is 1. The lowest BCUT2D eigenvalue weighted by Crippen LogP contribution is -2.60. The van der Waals surface area contributed by atoms with Crippen molar-refractivity contribution >= 4 is 5.91 Å². The minimum absolute atomic E-state index is 0.266. The highest BCUT2D eigenvalue weighted by molar-refractivity contribution is 5.80. The number of unbranched alkanes of at least 4 members (excludes halogenated alkanes) is 27. The highest BCUT2D eigenvalue weighted by atomic mass is 16.7. The summed E-state index contributed by atoms with van der Waals surface area (Å²) in [7, 11) is 0. The molecule has 11 nitrogen and oxygen atoms in total. The molecule has 56 heavy (non-hydrogen) atoms. The van der Waals surface area contributed by atoms with E-state index in [-0.39, 0.29) is 6.42 Å². The van der Waals surface area contributed by atoms with Crippen LogP contribution in [0.15, 0.2) is 0 Å². The summed E-state index contributed by atoms with van der Waals surface area (Å²) >= 11 is 0. The third kappa shape index (κ3) is 25.6. The van der Waals surface area contributed by atoms with Gasteiger partial charge in [-0.1, -0.05) is 200 Å². The topological polar surface area (TPSA) is 189 Å². The lowest BCUT2D eigenvalue weighted by Gasteiger charge is -2.40. The molecule has 1 aliphatic heterocycles. The first-order valence-electron chi connectivity index (χ1n) is 23.4. The Labute approximate surface area is 341 Å². The average Bonchev–Trinajstić information content (AvgIpc) is 3.20. The van der Waals surface area contributed by atoms with Crippen LogP contribution in [0.25, 0.3) is 0 Å². The van der Waals surface area contributed by atoms with Crippen molar-refractivity contribution < 1.29 is 50.0 Å². The fourth-order valence-electron chi connectivity index (χ4n) is 7.74. The summed E-state index contributed by atoms with van der Waals surface area (Å²) in [5, 5.41) is 75.5. The Kier molecular flexibility index (Phi) is 34.2. The minimum atomic E-state index is -1.65. The first-order valence-corrected chi connectivity index (χ1v) is 23.4. The maximum Gasteiger partial charge on any atom is 0.249 e. The zero-order valence-electron chi connectivity index (χ0n) is 35.9. The molecule has 1 heterocycles. The fraction of sp³-hybridized carbons (Fsp3) is 0.978. The van der Waals surface area contributed by atoms with E-state index in [1.54, 1.807) is 0 Å². The van der Waals surface area contributed by atoms with E-state index in [0.29, 0.717) is 19.3 Å². The van der Waals surface area contributed by atoms with Gasteiger partial charge in [0.05, 0.1) is 25.4 Å². The molecule has 1 rings (SSSR count). The van der Waals surface area contributed by atoms with Gasteiger partial charge in [0.25, 0.3) is 0 Å². The summed E-state index contributed by atoms with van der Waals surface area (Å²) in [4.78, 5) is 13.1. The molecule has 0 bridgehead atoms. The van der Waals surface area contributed by atoms with Crippen LogP contribution < -0.4 is 5.32 Å². The summed E-state index contributed by atoms with van der Waals surface area (Å²) in [6.07, 6.45) is 24.5. The van der Waals surface area contributed by atoms with Crippen LogP contribution in [0.2, 0.25) is 0 Å². The van der Waals surface area contributed by atoms with Gasteiger partial charge in [-0.25, -0.2) is 0 Å². The second-order valence-corrected chi connectivity index (χ2v) is 16.8. The van der Waals surface area contributed by atoms with Gasteiger partial charge in [-0.2, -0.15) is 0 Å². The highest BCUT2D eigenvalue weighted by Crippen LogP contribution is 2.23. The molecule has 0 radical (unpaired) electrons. The maximum atomic E-state index is 13.1. The van der Waals surface area contributed by atoms with Gasteiger partial charge in [-0.05, 0) is 12.8 Å². The number of ether oxygens (including phenoxy) is 2. The quantitative estimate of drug-likeness (QED) is 0.0289. The zero-order valence-corrected chi connectivity index (χ0v) is 35.9. The first-order chi connectivity index (χ1) is 27.2. The molecule has 1 aliphatic rings. The Balaban J connectivity index is 2.39. The summed E-state index contributed by atoms with van der Waals surface area (Å²) in [5.41, 5.74) is 0. The van der Waals surface area contributed by atoms with Crippen LogP contribution in [0.4, 0.5) is 0 Å². The minimum Gasteiger partial charge on any atom is -0.394 e. The molecule has 0 spiro atoms. The van der Waals surface area contributed by atoms with Crippen molar-refractivity contribution in [1.29, 1.82) is 0 Å². The van der Waals surface area contributed by atoms with Gasteiger partial charge < -0.3 is 50.5 Å². The monoisotopic (exact) mass is 804 g/mol. The van der Waals surface area contributed by atoms with Crippen LogP contribution in [0.3, 0.4) is 0 Å². The third-order valence-electron chi connectivity index (χ3n) is 11.7. The van der Waals surface area contributed by atoms with Gasteiger partial charge in [-0.15, -0.1) is 0 Å². The van der Waals surface area contributed by atoms with Gasteiger partial charge in [0, 0.05) is 0 Å². The van der Waals surface area contributed by atoms with Crippen molar-refractivity contribution in [3.63, 3.8) is 0 Å². The van der Waals surface area contributed by atoms with Gasteiger partial charge in [0.1, 0.15) is 36.6 Å². The van der Waals surface area contributed by atoms with Crippen molar-refractivity contribution in [2.24, 2.45) is 0 Å². The van der Waals surface area contributed by atoms with E-state index in [9.17, 15) is 40.5 Å². The lowest BCUT2D eigenvalue weighted by atomic mass is 9.98. The Morgan fingerprint density at radius 3 is 1.32 bits per heavy atom. The van der Waals surface area contributed by atoms with E-state index >= 15 is 0 Å². The molecule has 1 saturated heterocycles. The molecule has 1 fully saturated rings. The van der Waals surface area contributed by atoms with Crippen molar-refractivity contribution in [2.75, 3.05) is 13.2 Å². The number of aliphatic hydroxyl groups is 7. The molecule has 11 heteroatoms. The predicted molar refractivity (Wildman–Crippen MR) is 224 cm³/mol. The van der Waals surface area contributed by atoms with E-state index < -0.39 is 74.2 Å². The molecule has 0 aromatic carbocycles. The predicted octanol–water partition coefficient (Wildman–Crippen LogP) is 7.50. The van der Waals surface area contributed by atoms with Crippen LogP contribution in [-0.4, -0.2) is 110 Å². The molecular formula is C45H89NO10. The van der Waals surface area contributed by atoms with Gasteiger partial charge in [-0.3, -0.25) is 4.79 Å². The van der Waals surface area contributed by atoms with Crippen LogP contribution in [-0.2, 0) is 14.3 Å². The number of hydrogen-bond donors (Lipinski definition) is 8. The number of hydrogen-bond acceptors (Lipinski definition) is 10. The smallest absolute Gasteiger partial charge is 0.249 e. The van der Waals surface area contributed by atoms with Crippen molar-refractivity contribution in [3.8, 4) is 0 Å². The number of carbonyl (C=O) groups is 1. The van der Waals surface area contributed by atoms with Crippen molar-refractivity contribution in [1.82, 2.24) is 5.32 Å². The maximum absolute atomic E-state index is 13.1. The zero-order chi connectivity index (χ0) is 41.2. The van der Waals surface area contributed by atoms with E-state index in [4.69, 9.17) is 9.47 Å². The molecule has 0 aromatic heterocycles. The van der Waals surface area contributed by atoms with Gasteiger partial charge >= 0.3 is 0 Å². The number of rotatable bonds is 39. The largest absolute Gasteiger partial charge is 0.394 e. The molecule has 0 aliphatic carbocycles. The Morgan fingerprint density at radius 1 is 0.554 bits per heavy atom. The van der Waals surface area contributed by atoms with E-state index in [2.05, 4.69) is 19.2 Å². The summed E-state index contributed by atoms with van der Waals surface area (Å²) in [6, 6.07) is -1.16. The summed E-state index contributed by atoms with van der Waals surface area (Å²) in [5.74, 6) is -0.694. The molecular weight excluding hydrogens is 714 g/mol. The summed E-state index contributed by atoms with van der Waals surface area (Å²) < 4.78 is 11.1. The molecule has 0 aromatic rings. The van der Waals surface area contributed by atoms with Crippen molar-refractivity contribution in [2.45, 2.75) is 268 Å². The SMILES string of the molecule is CCCCCCCCCCCCCCCCCCCCC[C@@H](O)C(=O)N[C@@H](CO[C@@H]1O[C@H](CO)[C@H](O)[C@H](O)[C@H]1O)[C@H](O)[C@H](O)CCCCCCCCCCCC. The molecule has 8 N–H and O–H groups in total. The van der Waals surface area contributed by atoms with E-state index in [1.807, 2.05) is 0 Å². The number of aliphatic hydroxyl groups excluding tert-OH is 7. The second kappa shape index (κ2) is 36.0. The first kappa shape index (κ1) is 53.1. The standard InChI is InChI=1S/C45H89NO10/c1-3-5-7-9-11-13-15-16-17-18-19-20-21-22-23-25-27-29-31-33-38(49)44(54)46-36(35-55-45-43(53)42(52)41(51)39(34-47)56-45)40(50)37(48)32-30-28-26-24-14-12-10-8-6-4-2/h36-43,45,47-53H,3-35H2,1-2H3,(H,46,54)/t36-,37+,38+,39+,40-,41-,42-,43+,45+/m0/s1. The Morgan fingerprint density at radius 2 is 0.929 bits per heavy atom. The molecule has 9 atom stereocenters. The van der Waals surface area contributed by atoms with Crippen LogP contribution in [0, 0.1) is 0 Å². The average molecular weight is 804 g/mol. The molecule has 334 valence electrons. The van der Waals surface area contributed by atoms with Crippen LogP contribution in [0.1, 0.15) is 213 Å². The Hall–Kier alpha value is -0.890. The molecule has 1 amide bonds. The molecule has 0 unspecified atom stereocenters. The molecule has 0 saturated carbocycles. The fourth-order valence-corrected chi connectivity index (χ4v) is 7.74. The lowest BCUT2D eigenvalue weighted by molar-refractivity contribution is -0.303. The van der Waals surface area contributed by atoms with E-state index in [1.165, 1.54) is 135 Å². The van der Waals surface area contributed by atoms with Crippen LogP contribution >= 0.6 is 0 Å². The second-order valence-electron chi connectivity index (χ2n) is 16.8. The third-order valence-corrected chi connectivity index (χ3v) is 11.7. The van der Waals surface area contributed by atoms with Crippen LogP contribution in [0.5, 0.6) is 0 Å². The summed E-state index contributed by atoms with van der Waals surface area (Å²) in [6.45, 7) is 3.43. The highest BCUT2D eigenvalue weighted by Gasteiger charge is 2.44. The number of carbonyl (C=O) groups excluding carboxylic acids is 1. The van der Waals surface area contributed by atoms with E-state index in [0.717, 1.165) is 38.5 Å². The van der Waals surface area contributed by atoms with Gasteiger partial charge in [0.2, 0.25) is 5.91 Å². The van der Waals surface area contributed by atoms with Gasteiger partial charge in [0.15, 0.2) is 6.29 Å². The number of amides is 1. The Bertz CT molecular complexity index is 882. The van der Waals surface area contributed by atoms with Crippen molar-refractivity contribution in [3.05, 3.63) is 0 Å². The normalized spacial score (nSPS) is 22.2.